The number of ether oxygens (including phenoxy) is 1. The number of amides is 2. The van der Waals surface area contributed by atoms with Gasteiger partial charge in [-0.15, -0.1) is 0 Å². The number of urea groups is 1. The molecular weight excluding hydrogens is 228 g/mol. The van der Waals surface area contributed by atoms with Gasteiger partial charge in [0.05, 0.1) is 13.5 Å². The van der Waals surface area contributed by atoms with Crippen molar-refractivity contribution in [2.45, 2.75) is 6.42 Å². The van der Waals surface area contributed by atoms with E-state index < -0.39 is 12.0 Å². The first kappa shape index (κ1) is 12.7. The predicted molar refractivity (Wildman–Crippen MR) is 58.5 cm³/mol. The Morgan fingerprint density at radius 3 is 2.82 bits per heavy atom. The van der Waals surface area contributed by atoms with Gasteiger partial charge < -0.3 is 10.1 Å². The number of aromatic amines is 1. The molecule has 0 saturated carbocycles. The van der Waals surface area contributed by atoms with Gasteiger partial charge >= 0.3 is 12.0 Å². The van der Waals surface area contributed by atoms with E-state index >= 15 is 0 Å². The van der Waals surface area contributed by atoms with Gasteiger partial charge in [-0.3, -0.25) is 14.9 Å². The monoisotopic (exact) mass is 240 g/mol. The SMILES string of the molecule is COC(=O)CCNC(=O)Nc1ccc(=O)[nH]n1. The van der Waals surface area contributed by atoms with Crippen molar-refractivity contribution < 1.29 is 14.3 Å². The number of carbonyl (C=O) groups is 2. The van der Waals surface area contributed by atoms with Crippen LogP contribution in [0.1, 0.15) is 6.42 Å². The van der Waals surface area contributed by atoms with Crippen molar-refractivity contribution in [2.24, 2.45) is 0 Å². The summed E-state index contributed by atoms with van der Waals surface area (Å²) >= 11 is 0. The van der Waals surface area contributed by atoms with Crippen molar-refractivity contribution in [1.29, 1.82) is 0 Å². The Kier molecular flexibility index (Phi) is 4.67. The van der Waals surface area contributed by atoms with Crippen molar-refractivity contribution in [2.75, 3.05) is 19.0 Å². The Morgan fingerprint density at radius 2 is 2.24 bits per heavy atom. The van der Waals surface area contributed by atoms with E-state index in [9.17, 15) is 14.4 Å². The molecule has 0 spiro atoms. The van der Waals surface area contributed by atoms with Gasteiger partial charge in [-0.2, -0.15) is 5.10 Å². The predicted octanol–water partition coefficient (Wildman–Crippen LogP) is -0.546. The first-order valence-electron chi connectivity index (χ1n) is 4.79. The summed E-state index contributed by atoms with van der Waals surface area (Å²) in [6.45, 7) is 0.155. The van der Waals surface area contributed by atoms with Crippen LogP contribution in [0.3, 0.4) is 0 Å². The first-order valence-corrected chi connectivity index (χ1v) is 4.79. The van der Waals surface area contributed by atoms with Crippen molar-refractivity contribution in [3.63, 3.8) is 0 Å². The summed E-state index contributed by atoms with van der Waals surface area (Å²) in [5.41, 5.74) is -0.360. The summed E-state index contributed by atoms with van der Waals surface area (Å²) in [5.74, 6) is -0.201. The number of hydrogen-bond donors (Lipinski definition) is 3. The second kappa shape index (κ2) is 6.26. The quantitative estimate of drug-likeness (QED) is 0.611. The Labute approximate surface area is 96.4 Å². The number of nitrogens with one attached hydrogen (secondary N) is 3. The van der Waals surface area contributed by atoms with E-state index in [0.717, 1.165) is 0 Å². The number of hydrogen-bond acceptors (Lipinski definition) is 5. The molecule has 0 aliphatic rings. The third-order valence-corrected chi connectivity index (χ3v) is 1.76. The van der Waals surface area contributed by atoms with Crippen LogP contribution in [0.25, 0.3) is 0 Å². The van der Waals surface area contributed by atoms with Crippen molar-refractivity contribution >= 4 is 17.8 Å². The third-order valence-electron chi connectivity index (χ3n) is 1.76. The lowest BCUT2D eigenvalue weighted by Gasteiger charge is -2.05. The van der Waals surface area contributed by atoms with Crippen LogP contribution in [0.4, 0.5) is 10.6 Å². The summed E-state index contributed by atoms with van der Waals surface area (Å²) < 4.78 is 4.40. The maximum atomic E-state index is 11.3. The Bertz CT molecular complexity index is 436. The van der Waals surface area contributed by atoms with Gasteiger partial charge in [-0.1, -0.05) is 0 Å². The van der Waals surface area contributed by atoms with Crippen LogP contribution in [0.2, 0.25) is 0 Å². The highest BCUT2D eigenvalue weighted by molar-refractivity contribution is 5.88. The molecule has 0 radical (unpaired) electrons. The van der Waals surface area contributed by atoms with Crippen LogP contribution in [0.5, 0.6) is 0 Å². The molecule has 17 heavy (non-hydrogen) atoms. The third kappa shape index (κ3) is 4.78. The molecule has 0 aliphatic heterocycles. The molecule has 8 heteroatoms. The van der Waals surface area contributed by atoms with Gasteiger partial charge in [0.15, 0.2) is 5.82 Å². The zero-order valence-electron chi connectivity index (χ0n) is 9.15. The molecule has 2 amide bonds. The molecular formula is C9H12N4O4. The van der Waals surface area contributed by atoms with Crippen LogP contribution in [0, 0.1) is 0 Å². The largest absolute Gasteiger partial charge is 0.469 e. The van der Waals surface area contributed by atoms with Gasteiger partial charge in [-0.25, -0.2) is 9.89 Å². The van der Waals surface area contributed by atoms with E-state index in [-0.39, 0.29) is 24.3 Å². The number of carbonyl (C=O) groups excluding carboxylic acids is 2. The minimum absolute atomic E-state index is 0.0863. The molecule has 0 atom stereocenters. The highest BCUT2D eigenvalue weighted by Gasteiger charge is 2.04. The Morgan fingerprint density at radius 1 is 1.47 bits per heavy atom. The number of H-pyrrole nitrogens is 1. The molecule has 1 aromatic heterocycles. The maximum Gasteiger partial charge on any atom is 0.320 e. The van der Waals surface area contributed by atoms with Crippen LogP contribution >= 0.6 is 0 Å². The standard InChI is InChI=1S/C9H12N4O4/c1-17-8(15)4-5-10-9(16)11-6-2-3-7(14)13-12-6/h2-3H,4-5H2,1H3,(H,13,14)(H2,10,11,12,16). The molecule has 0 fully saturated rings. The smallest absolute Gasteiger partial charge is 0.320 e. The minimum atomic E-state index is -0.520. The normalized spacial score (nSPS) is 9.47. The zero-order valence-corrected chi connectivity index (χ0v) is 9.15. The Balaban J connectivity index is 2.32. The lowest BCUT2D eigenvalue weighted by Crippen LogP contribution is -2.31. The first-order chi connectivity index (χ1) is 8.11. The van der Waals surface area contributed by atoms with Crippen LogP contribution < -0.4 is 16.2 Å². The fourth-order valence-electron chi connectivity index (χ4n) is 0.955. The summed E-state index contributed by atoms with van der Waals surface area (Å²) in [5, 5.41) is 10.5. The van der Waals surface area contributed by atoms with Crippen LogP contribution in [-0.4, -0.2) is 35.9 Å². The fourth-order valence-corrected chi connectivity index (χ4v) is 0.955. The van der Waals surface area contributed by atoms with Gasteiger partial charge in [0, 0.05) is 12.6 Å². The summed E-state index contributed by atoms with van der Waals surface area (Å²) in [7, 11) is 1.27. The van der Waals surface area contributed by atoms with Gasteiger partial charge in [-0.05, 0) is 6.07 Å². The molecule has 0 saturated heterocycles. The number of nitrogens with zero attached hydrogens (tertiary/aromatic N) is 1. The van der Waals surface area contributed by atoms with Gasteiger partial charge in [0.2, 0.25) is 0 Å². The molecule has 0 aliphatic carbocycles. The molecule has 3 N–H and O–H groups in total. The number of anilines is 1. The molecule has 8 nitrogen and oxygen atoms in total. The second-order valence-electron chi connectivity index (χ2n) is 3.01. The molecule has 1 rings (SSSR count). The number of rotatable bonds is 4. The lowest BCUT2D eigenvalue weighted by atomic mass is 10.4. The summed E-state index contributed by atoms with van der Waals surface area (Å²) in [6.07, 6.45) is 0.0863. The highest BCUT2D eigenvalue weighted by atomic mass is 16.5. The molecule has 1 aromatic rings. The maximum absolute atomic E-state index is 11.3. The van der Waals surface area contributed by atoms with E-state index in [1.165, 1.54) is 19.2 Å². The van der Waals surface area contributed by atoms with Crippen LogP contribution in [-0.2, 0) is 9.53 Å². The van der Waals surface area contributed by atoms with Crippen LogP contribution in [0.15, 0.2) is 16.9 Å². The van der Waals surface area contributed by atoms with Crippen molar-refractivity contribution in [3.05, 3.63) is 22.5 Å². The Hall–Kier alpha value is -2.38. The topological polar surface area (TPSA) is 113 Å². The van der Waals surface area contributed by atoms with Crippen molar-refractivity contribution in [3.8, 4) is 0 Å². The fraction of sp³-hybridized carbons (Fsp3) is 0.333. The van der Waals surface area contributed by atoms with Crippen molar-refractivity contribution in [1.82, 2.24) is 15.5 Å². The summed E-state index contributed by atoms with van der Waals surface area (Å²) in [6, 6.07) is 2.07. The molecule has 92 valence electrons. The van der Waals surface area contributed by atoms with Gasteiger partial charge in [0.25, 0.3) is 5.56 Å². The average Bonchev–Trinajstić information content (AvgIpc) is 2.32. The number of esters is 1. The van der Waals surface area contributed by atoms with E-state index in [4.69, 9.17) is 0 Å². The molecule has 0 bridgehead atoms. The highest BCUT2D eigenvalue weighted by Crippen LogP contribution is 1.94. The number of aromatic nitrogens is 2. The molecule has 1 heterocycles. The van der Waals surface area contributed by atoms with E-state index in [0.29, 0.717) is 0 Å². The average molecular weight is 240 g/mol. The van der Waals surface area contributed by atoms with E-state index in [1.54, 1.807) is 0 Å². The number of methoxy groups -OCH3 is 1. The molecule has 0 aromatic carbocycles. The molecule has 0 unspecified atom stereocenters. The second-order valence-corrected chi connectivity index (χ2v) is 3.01. The van der Waals surface area contributed by atoms with Gasteiger partial charge in [0.1, 0.15) is 0 Å². The van der Waals surface area contributed by atoms with E-state index in [2.05, 4.69) is 25.6 Å². The summed E-state index contributed by atoms with van der Waals surface area (Å²) in [4.78, 5) is 32.7. The zero-order chi connectivity index (χ0) is 12.7. The minimum Gasteiger partial charge on any atom is -0.469 e. The lowest BCUT2D eigenvalue weighted by molar-refractivity contribution is -0.140. The van der Waals surface area contributed by atoms with E-state index in [1.807, 2.05) is 0 Å².